The van der Waals surface area contributed by atoms with Crippen LogP contribution < -0.4 is 0 Å². The van der Waals surface area contributed by atoms with Gasteiger partial charge in [0.1, 0.15) is 4.95 Å². The SMILES string of the molecule is CCC1=CC(=N)C(C(=O)OC)=NC(Br)C1. The summed E-state index contributed by atoms with van der Waals surface area (Å²) in [6.45, 7) is 2.02. The van der Waals surface area contributed by atoms with Crippen molar-refractivity contribution >= 4 is 33.3 Å². The maximum atomic E-state index is 11.3. The van der Waals surface area contributed by atoms with E-state index in [1.807, 2.05) is 6.92 Å². The Morgan fingerprint density at radius 1 is 1.80 bits per heavy atom. The third kappa shape index (κ3) is 2.99. The van der Waals surface area contributed by atoms with Crippen LogP contribution in [0.1, 0.15) is 19.8 Å². The Hall–Kier alpha value is -0.970. The summed E-state index contributed by atoms with van der Waals surface area (Å²) < 4.78 is 4.57. The highest BCUT2D eigenvalue weighted by molar-refractivity contribution is 9.09. The number of ether oxygens (including phenoxy) is 1. The van der Waals surface area contributed by atoms with E-state index in [2.05, 4.69) is 25.7 Å². The van der Waals surface area contributed by atoms with E-state index in [4.69, 9.17) is 5.41 Å². The first-order valence-electron chi connectivity index (χ1n) is 4.67. The van der Waals surface area contributed by atoms with Gasteiger partial charge in [-0.1, -0.05) is 28.4 Å². The van der Waals surface area contributed by atoms with Gasteiger partial charge in [0.15, 0.2) is 5.71 Å². The molecule has 0 amide bonds. The zero-order valence-electron chi connectivity index (χ0n) is 8.71. The van der Waals surface area contributed by atoms with E-state index >= 15 is 0 Å². The second-order valence-electron chi connectivity index (χ2n) is 3.18. The molecule has 0 aliphatic carbocycles. The standard InChI is InChI=1S/C10H13BrN2O2/c1-3-6-4-7(12)9(10(14)15-2)13-8(11)5-6/h4,8,12H,3,5H2,1-2H3. The van der Waals surface area contributed by atoms with E-state index in [-0.39, 0.29) is 16.4 Å². The molecule has 0 aromatic rings. The van der Waals surface area contributed by atoms with Gasteiger partial charge < -0.3 is 4.74 Å². The third-order valence-electron chi connectivity index (χ3n) is 2.14. The van der Waals surface area contributed by atoms with Gasteiger partial charge in [0, 0.05) is 6.42 Å². The molecule has 1 aliphatic rings. The summed E-state index contributed by atoms with van der Waals surface area (Å²) in [7, 11) is 1.29. The van der Waals surface area contributed by atoms with Crippen LogP contribution in [-0.2, 0) is 9.53 Å². The first kappa shape index (κ1) is 12.1. The summed E-state index contributed by atoms with van der Waals surface area (Å²) in [6, 6.07) is 0. The molecule has 1 N–H and O–H groups in total. The minimum Gasteiger partial charge on any atom is -0.464 e. The molecule has 15 heavy (non-hydrogen) atoms. The van der Waals surface area contributed by atoms with Crippen LogP contribution in [0.4, 0.5) is 0 Å². The Balaban J connectivity index is 3.02. The van der Waals surface area contributed by atoms with Crippen LogP contribution in [0.3, 0.4) is 0 Å². The summed E-state index contributed by atoms with van der Waals surface area (Å²) in [5.41, 5.74) is 1.31. The molecule has 1 unspecified atom stereocenters. The highest BCUT2D eigenvalue weighted by Gasteiger charge is 2.21. The normalized spacial score (nSPS) is 21.5. The zero-order valence-corrected chi connectivity index (χ0v) is 10.3. The Morgan fingerprint density at radius 3 is 3.00 bits per heavy atom. The molecule has 5 heteroatoms. The Morgan fingerprint density at radius 2 is 2.47 bits per heavy atom. The van der Waals surface area contributed by atoms with Crippen molar-refractivity contribution in [1.29, 1.82) is 5.41 Å². The molecule has 0 saturated carbocycles. The monoisotopic (exact) mass is 272 g/mol. The average Bonchev–Trinajstić information content (AvgIpc) is 2.36. The highest BCUT2D eigenvalue weighted by atomic mass is 79.9. The smallest absolute Gasteiger partial charge is 0.358 e. The van der Waals surface area contributed by atoms with Crippen LogP contribution in [0.15, 0.2) is 16.6 Å². The molecule has 1 rings (SSSR count). The number of esters is 1. The fraction of sp³-hybridized carbons (Fsp3) is 0.500. The number of carbonyl (C=O) groups is 1. The minimum atomic E-state index is -0.557. The van der Waals surface area contributed by atoms with Crippen LogP contribution >= 0.6 is 15.9 Å². The lowest BCUT2D eigenvalue weighted by Crippen LogP contribution is -2.24. The van der Waals surface area contributed by atoms with Crippen molar-refractivity contribution < 1.29 is 9.53 Å². The molecule has 0 aromatic carbocycles. The van der Waals surface area contributed by atoms with Gasteiger partial charge in [-0.2, -0.15) is 0 Å². The van der Waals surface area contributed by atoms with Crippen LogP contribution in [0.2, 0.25) is 0 Å². The van der Waals surface area contributed by atoms with Crippen molar-refractivity contribution in [3.8, 4) is 0 Å². The van der Waals surface area contributed by atoms with Crippen LogP contribution in [0.5, 0.6) is 0 Å². The van der Waals surface area contributed by atoms with Crippen molar-refractivity contribution in [2.75, 3.05) is 7.11 Å². The Labute approximate surface area is 97.1 Å². The third-order valence-corrected chi connectivity index (χ3v) is 2.66. The maximum absolute atomic E-state index is 11.3. The van der Waals surface area contributed by atoms with Gasteiger partial charge in [0.05, 0.1) is 12.8 Å². The predicted octanol–water partition coefficient (Wildman–Crippen LogP) is 2.08. The molecule has 1 aliphatic heterocycles. The fourth-order valence-electron chi connectivity index (χ4n) is 1.31. The van der Waals surface area contributed by atoms with Gasteiger partial charge in [0.2, 0.25) is 0 Å². The quantitative estimate of drug-likeness (QED) is 0.475. The number of allylic oxidation sites excluding steroid dienone is 1. The van der Waals surface area contributed by atoms with Crippen molar-refractivity contribution in [1.82, 2.24) is 0 Å². The molecular weight excluding hydrogens is 260 g/mol. The van der Waals surface area contributed by atoms with E-state index in [9.17, 15) is 4.79 Å². The van der Waals surface area contributed by atoms with E-state index in [0.717, 1.165) is 18.4 Å². The number of methoxy groups -OCH3 is 1. The topological polar surface area (TPSA) is 62.5 Å². The van der Waals surface area contributed by atoms with Gasteiger partial charge in [0.25, 0.3) is 0 Å². The predicted molar refractivity (Wildman–Crippen MR) is 62.9 cm³/mol. The molecule has 0 bridgehead atoms. The lowest BCUT2D eigenvalue weighted by Gasteiger charge is -2.04. The number of nitrogens with zero attached hydrogens (tertiary/aromatic N) is 1. The lowest BCUT2D eigenvalue weighted by atomic mass is 10.1. The number of nitrogens with one attached hydrogen (secondary N) is 1. The molecular formula is C10H13BrN2O2. The van der Waals surface area contributed by atoms with E-state index in [1.54, 1.807) is 6.08 Å². The fourth-order valence-corrected chi connectivity index (χ4v) is 1.93. The van der Waals surface area contributed by atoms with E-state index in [1.165, 1.54) is 7.11 Å². The van der Waals surface area contributed by atoms with Crippen LogP contribution in [-0.4, -0.2) is 29.5 Å². The molecule has 82 valence electrons. The summed E-state index contributed by atoms with van der Waals surface area (Å²) in [4.78, 5) is 15.3. The molecule has 0 spiro atoms. The highest BCUT2D eigenvalue weighted by Crippen LogP contribution is 2.20. The second-order valence-corrected chi connectivity index (χ2v) is 4.23. The molecule has 1 heterocycles. The number of rotatable bonds is 2. The maximum Gasteiger partial charge on any atom is 0.358 e. The van der Waals surface area contributed by atoms with Gasteiger partial charge in [-0.05, 0) is 12.5 Å². The van der Waals surface area contributed by atoms with Gasteiger partial charge in [-0.3, -0.25) is 10.4 Å². The number of aliphatic imine (C=N–C) groups is 1. The van der Waals surface area contributed by atoms with Gasteiger partial charge in [-0.15, -0.1) is 0 Å². The molecule has 0 radical (unpaired) electrons. The summed E-state index contributed by atoms with van der Waals surface area (Å²) in [6.07, 6.45) is 3.27. The molecule has 4 nitrogen and oxygen atoms in total. The van der Waals surface area contributed by atoms with E-state index < -0.39 is 5.97 Å². The molecule has 0 fully saturated rings. The molecule has 1 atom stereocenters. The van der Waals surface area contributed by atoms with Crippen molar-refractivity contribution in [2.24, 2.45) is 4.99 Å². The minimum absolute atomic E-state index is 0.0859. The Kier molecular flexibility index (Phi) is 4.20. The molecule has 0 aromatic heterocycles. The first-order chi connectivity index (χ1) is 7.08. The number of hydrogen-bond donors (Lipinski definition) is 1. The summed E-state index contributed by atoms with van der Waals surface area (Å²) in [5.74, 6) is -0.557. The number of alkyl halides is 1. The second kappa shape index (κ2) is 5.21. The molecule has 0 saturated heterocycles. The Bertz CT molecular complexity index is 347. The largest absolute Gasteiger partial charge is 0.464 e. The number of hydrogen-bond acceptors (Lipinski definition) is 4. The number of carbonyl (C=O) groups excluding carboxylic acids is 1. The van der Waals surface area contributed by atoms with Gasteiger partial charge in [-0.25, -0.2) is 4.79 Å². The van der Waals surface area contributed by atoms with E-state index in [0.29, 0.717) is 0 Å². The van der Waals surface area contributed by atoms with Crippen molar-refractivity contribution in [3.05, 3.63) is 11.6 Å². The lowest BCUT2D eigenvalue weighted by molar-refractivity contribution is -0.132. The number of halogens is 1. The average molecular weight is 273 g/mol. The van der Waals surface area contributed by atoms with Gasteiger partial charge >= 0.3 is 5.97 Å². The first-order valence-corrected chi connectivity index (χ1v) is 5.58. The van der Waals surface area contributed by atoms with Crippen molar-refractivity contribution in [2.45, 2.75) is 24.7 Å². The zero-order chi connectivity index (χ0) is 11.4. The summed E-state index contributed by atoms with van der Waals surface area (Å²) in [5, 5.41) is 7.71. The summed E-state index contributed by atoms with van der Waals surface area (Å²) >= 11 is 3.35. The van der Waals surface area contributed by atoms with Crippen LogP contribution in [0, 0.1) is 5.41 Å². The van der Waals surface area contributed by atoms with Crippen LogP contribution in [0.25, 0.3) is 0 Å². The van der Waals surface area contributed by atoms with Crippen molar-refractivity contribution in [3.63, 3.8) is 0 Å².